The first kappa shape index (κ1) is 20.1. The van der Waals surface area contributed by atoms with Crippen molar-refractivity contribution in [2.24, 2.45) is 5.73 Å². The van der Waals surface area contributed by atoms with E-state index in [4.69, 9.17) is 21.1 Å². The number of nitrogens with two attached hydrogens (primary N) is 1. The predicted octanol–water partition coefficient (Wildman–Crippen LogP) is -3.20. The van der Waals surface area contributed by atoms with Gasteiger partial charge in [-0.15, -0.1) is 0 Å². The van der Waals surface area contributed by atoms with Crippen LogP contribution in [0.1, 0.15) is 12.1 Å². The molecule has 12 nitrogen and oxygen atoms in total. The Balaban J connectivity index is 2.88. The smallest absolute Gasteiger partial charge is 0.326 e. The molecule has 0 saturated carbocycles. The summed E-state index contributed by atoms with van der Waals surface area (Å²) in [6, 6.07) is -4.19. The molecule has 0 aliphatic heterocycles. The third-order valence-corrected chi connectivity index (χ3v) is 3.14. The summed E-state index contributed by atoms with van der Waals surface area (Å²) in [6.45, 7) is -0.652. The number of aromatic nitrogens is 2. The van der Waals surface area contributed by atoms with Crippen molar-refractivity contribution in [1.82, 2.24) is 20.6 Å². The Bertz CT molecular complexity index is 618. The molecule has 0 radical (unpaired) electrons. The van der Waals surface area contributed by atoms with Crippen LogP contribution in [0.2, 0.25) is 0 Å². The molecule has 0 aromatic carbocycles. The lowest BCUT2D eigenvalue weighted by Crippen LogP contribution is -2.56. The first-order valence-electron chi connectivity index (χ1n) is 7.13. The van der Waals surface area contributed by atoms with Crippen LogP contribution in [-0.4, -0.2) is 73.8 Å². The highest BCUT2D eigenvalue weighted by Crippen LogP contribution is 2.02. The van der Waals surface area contributed by atoms with E-state index in [1.807, 2.05) is 0 Å². The Morgan fingerprint density at radius 1 is 1.16 bits per heavy atom. The van der Waals surface area contributed by atoms with Gasteiger partial charge in [0.2, 0.25) is 11.8 Å². The number of carboxylic acids is 2. The maximum atomic E-state index is 12.3. The number of aliphatic carboxylic acids is 2. The van der Waals surface area contributed by atoms with E-state index in [0.717, 1.165) is 0 Å². The fourth-order valence-electron chi connectivity index (χ4n) is 1.83. The second-order valence-electron chi connectivity index (χ2n) is 5.13. The van der Waals surface area contributed by atoms with Crippen LogP contribution in [-0.2, 0) is 25.6 Å². The van der Waals surface area contributed by atoms with E-state index in [-0.39, 0.29) is 6.42 Å². The van der Waals surface area contributed by atoms with Gasteiger partial charge in [0.1, 0.15) is 18.1 Å². The number of aromatic amines is 1. The number of carbonyl (C=O) groups excluding carboxylic acids is 2. The molecule has 0 bridgehead atoms. The molecule has 8 N–H and O–H groups in total. The number of hydrogen-bond donors (Lipinski definition) is 7. The fraction of sp³-hybridized carbons (Fsp3) is 0.462. The number of rotatable bonds is 10. The minimum absolute atomic E-state index is 0.0743. The number of aliphatic hydroxyl groups is 1. The highest BCUT2D eigenvalue weighted by atomic mass is 16.4. The molecule has 0 aliphatic rings. The van der Waals surface area contributed by atoms with E-state index in [9.17, 15) is 19.2 Å². The number of hydrogen-bond acceptors (Lipinski definition) is 7. The molecule has 2 amide bonds. The van der Waals surface area contributed by atoms with Gasteiger partial charge in [-0.2, -0.15) is 0 Å². The Morgan fingerprint density at radius 2 is 1.80 bits per heavy atom. The lowest BCUT2D eigenvalue weighted by molar-refractivity contribution is -0.147. The van der Waals surface area contributed by atoms with Crippen LogP contribution in [0.25, 0.3) is 0 Å². The van der Waals surface area contributed by atoms with Gasteiger partial charge in [-0.3, -0.25) is 14.4 Å². The van der Waals surface area contributed by atoms with Gasteiger partial charge in [-0.25, -0.2) is 9.78 Å². The molecular weight excluding hydrogens is 338 g/mol. The van der Waals surface area contributed by atoms with Crippen molar-refractivity contribution in [3.63, 3.8) is 0 Å². The Morgan fingerprint density at radius 3 is 2.28 bits per heavy atom. The minimum atomic E-state index is -1.67. The molecular formula is C13H19N5O7. The SMILES string of the molecule is N[C@@H](CO)C(=O)N[C@@H](Cc1cnc[nH]1)C(=O)N[C@@H](CC(=O)O)C(=O)O. The molecule has 12 heteroatoms. The van der Waals surface area contributed by atoms with Crippen molar-refractivity contribution >= 4 is 23.8 Å². The molecule has 1 aromatic heterocycles. The average Bonchev–Trinajstić information content (AvgIpc) is 3.05. The second-order valence-corrected chi connectivity index (χ2v) is 5.13. The Kier molecular flexibility index (Phi) is 7.49. The molecule has 0 spiro atoms. The zero-order chi connectivity index (χ0) is 19.0. The van der Waals surface area contributed by atoms with Gasteiger partial charge in [0.15, 0.2) is 0 Å². The highest BCUT2D eigenvalue weighted by molar-refractivity contribution is 5.92. The molecule has 1 rings (SSSR count). The van der Waals surface area contributed by atoms with Crippen LogP contribution in [0, 0.1) is 0 Å². The van der Waals surface area contributed by atoms with Gasteiger partial charge in [-0.05, 0) is 0 Å². The first-order chi connectivity index (χ1) is 11.7. The molecule has 138 valence electrons. The van der Waals surface area contributed by atoms with Gasteiger partial charge in [0, 0.05) is 18.3 Å². The Labute approximate surface area is 141 Å². The van der Waals surface area contributed by atoms with Gasteiger partial charge in [-0.1, -0.05) is 0 Å². The maximum Gasteiger partial charge on any atom is 0.326 e. The number of nitrogens with zero attached hydrogens (tertiary/aromatic N) is 1. The average molecular weight is 357 g/mol. The lowest BCUT2D eigenvalue weighted by Gasteiger charge is -2.21. The van der Waals surface area contributed by atoms with Gasteiger partial charge in [0.05, 0.1) is 19.4 Å². The topological polar surface area (TPSA) is 208 Å². The van der Waals surface area contributed by atoms with E-state index >= 15 is 0 Å². The van der Waals surface area contributed by atoms with E-state index < -0.39 is 54.9 Å². The van der Waals surface area contributed by atoms with E-state index in [1.54, 1.807) is 0 Å². The number of H-pyrrole nitrogens is 1. The summed E-state index contributed by atoms with van der Waals surface area (Å²) in [7, 11) is 0. The molecule has 0 fully saturated rings. The van der Waals surface area contributed by atoms with Crippen molar-refractivity contribution in [1.29, 1.82) is 0 Å². The summed E-state index contributed by atoms with van der Waals surface area (Å²) in [5.41, 5.74) is 5.83. The van der Waals surface area contributed by atoms with Crippen molar-refractivity contribution in [3.05, 3.63) is 18.2 Å². The van der Waals surface area contributed by atoms with Crippen molar-refractivity contribution in [2.75, 3.05) is 6.61 Å². The molecule has 3 atom stereocenters. The number of imidazole rings is 1. The molecule has 0 aliphatic carbocycles. The van der Waals surface area contributed by atoms with E-state index in [0.29, 0.717) is 5.69 Å². The molecule has 25 heavy (non-hydrogen) atoms. The Hall–Kier alpha value is -2.99. The highest BCUT2D eigenvalue weighted by Gasteiger charge is 2.29. The van der Waals surface area contributed by atoms with Crippen LogP contribution < -0.4 is 16.4 Å². The summed E-state index contributed by atoms with van der Waals surface area (Å²) in [5.74, 6) is -4.69. The van der Waals surface area contributed by atoms with Crippen LogP contribution >= 0.6 is 0 Å². The van der Waals surface area contributed by atoms with Crippen LogP contribution in [0.4, 0.5) is 0 Å². The summed E-state index contributed by atoms with van der Waals surface area (Å²) in [6.07, 6.45) is 1.83. The van der Waals surface area contributed by atoms with Crippen molar-refractivity contribution in [2.45, 2.75) is 31.0 Å². The first-order valence-corrected chi connectivity index (χ1v) is 7.13. The van der Waals surface area contributed by atoms with E-state index in [1.165, 1.54) is 12.5 Å². The fourth-order valence-corrected chi connectivity index (χ4v) is 1.83. The lowest BCUT2D eigenvalue weighted by atomic mass is 10.1. The molecule has 0 unspecified atom stereocenters. The third-order valence-electron chi connectivity index (χ3n) is 3.14. The number of carboxylic acid groups (broad SMARTS) is 2. The number of aliphatic hydroxyl groups excluding tert-OH is 1. The third kappa shape index (κ3) is 6.56. The zero-order valence-corrected chi connectivity index (χ0v) is 13.0. The van der Waals surface area contributed by atoms with Gasteiger partial charge < -0.3 is 36.7 Å². The monoisotopic (exact) mass is 357 g/mol. The summed E-state index contributed by atoms with van der Waals surface area (Å²) in [5, 5.41) is 30.9. The van der Waals surface area contributed by atoms with Gasteiger partial charge >= 0.3 is 11.9 Å². The maximum absolute atomic E-state index is 12.3. The minimum Gasteiger partial charge on any atom is -0.481 e. The normalized spacial score (nSPS) is 14.2. The van der Waals surface area contributed by atoms with Crippen molar-refractivity contribution < 1.29 is 34.5 Å². The number of nitrogens with one attached hydrogen (secondary N) is 3. The quantitative estimate of drug-likeness (QED) is 0.224. The van der Waals surface area contributed by atoms with Crippen molar-refractivity contribution in [3.8, 4) is 0 Å². The predicted molar refractivity (Wildman–Crippen MR) is 81.1 cm³/mol. The zero-order valence-electron chi connectivity index (χ0n) is 13.0. The van der Waals surface area contributed by atoms with Crippen LogP contribution in [0.15, 0.2) is 12.5 Å². The standard InChI is InChI=1S/C13H19N5O7/c14-7(4-19)11(22)17-8(1-6-3-15-5-16-6)12(23)18-9(13(24)25)2-10(20)21/h3,5,7-9,19H,1-2,4,14H2,(H,15,16)(H,17,22)(H,18,23)(H,20,21)(H,24,25)/t7-,8-,9-/m0/s1. The summed E-state index contributed by atoms with van der Waals surface area (Å²) in [4.78, 5) is 52.3. The number of amides is 2. The van der Waals surface area contributed by atoms with E-state index in [2.05, 4.69) is 20.6 Å². The second kappa shape index (κ2) is 9.34. The van der Waals surface area contributed by atoms with Crippen LogP contribution in [0.3, 0.4) is 0 Å². The molecule has 1 heterocycles. The molecule has 0 saturated heterocycles. The van der Waals surface area contributed by atoms with Gasteiger partial charge in [0.25, 0.3) is 0 Å². The summed E-state index contributed by atoms with van der Waals surface area (Å²) >= 11 is 0. The summed E-state index contributed by atoms with van der Waals surface area (Å²) < 4.78 is 0. The largest absolute Gasteiger partial charge is 0.481 e. The number of carbonyl (C=O) groups is 4. The van der Waals surface area contributed by atoms with Crippen LogP contribution in [0.5, 0.6) is 0 Å². The molecule has 1 aromatic rings.